The minimum Gasteiger partial charge on any atom is -0.390 e. The van der Waals surface area contributed by atoms with Crippen LogP contribution in [0.3, 0.4) is 0 Å². The van der Waals surface area contributed by atoms with Gasteiger partial charge in [0.15, 0.2) is 0 Å². The number of nitrogens with zero attached hydrogens (tertiary/aromatic N) is 1. The summed E-state index contributed by atoms with van der Waals surface area (Å²) >= 11 is 0. The lowest BCUT2D eigenvalue weighted by Crippen LogP contribution is -2.57. The monoisotopic (exact) mass is 345 g/mol. The van der Waals surface area contributed by atoms with Gasteiger partial charge in [0, 0.05) is 19.1 Å². The van der Waals surface area contributed by atoms with Gasteiger partial charge in [0.1, 0.15) is 0 Å². The molecule has 2 aliphatic rings. The van der Waals surface area contributed by atoms with Crippen LogP contribution >= 0.6 is 0 Å². The minimum atomic E-state index is -0.665. The second kappa shape index (κ2) is 8.30. The molecule has 1 heterocycles. The van der Waals surface area contributed by atoms with Gasteiger partial charge in [-0.05, 0) is 36.7 Å². The number of hydrogen-bond acceptors (Lipinski definition) is 4. The van der Waals surface area contributed by atoms with Crippen LogP contribution in [0.1, 0.15) is 37.7 Å². The smallest absolute Gasteiger partial charge is 0.234 e. The zero-order valence-corrected chi connectivity index (χ0v) is 14.9. The number of nitrogens with two attached hydrogens (primary N) is 2. The first kappa shape index (κ1) is 18.4. The molecular weight excluding hydrogens is 314 g/mol. The number of carbonyl (C=O) groups excluding carboxylic acids is 1. The van der Waals surface area contributed by atoms with Crippen LogP contribution < -0.4 is 11.5 Å². The molecule has 0 radical (unpaired) electrons. The predicted octanol–water partition coefficient (Wildman–Crippen LogP) is 1.28. The third-order valence-corrected chi connectivity index (χ3v) is 6.06. The summed E-state index contributed by atoms with van der Waals surface area (Å²) in [5.74, 6) is 0.965. The summed E-state index contributed by atoms with van der Waals surface area (Å²) in [7, 11) is 0. The lowest BCUT2D eigenvalue weighted by Gasteiger charge is -2.46. The van der Waals surface area contributed by atoms with E-state index in [4.69, 9.17) is 11.5 Å². The highest BCUT2D eigenvalue weighted by molar-refractivity contribution is 5.80. The van der Waals surface area contributed by atoms with Crippen LogP contribution in [0.5, 0.6) is 0 Å². The molecule has 5 nitrogen and oxygen atoms in total. The number of benzene rings is 1. The Morgan fingerprint density at radius 1 is 1.20 bits per heavy atom. The Bertz CT molecular complexity index is 565. The summed E-state index contributed by atoms with van der Waals surface area (Å²) in [5, 5.41) is 10.6. The standard InChI is InChI=1S/C20H31N3O2/c21-17(10-14-6-2-1-3-7-14)19(24)13-23-12-16-9-5-4-8-15(16)11-18(23)20(22)25/h1-3,6-7,15-19,24H,4-5,8-13,21H2,(H2,22,25)/t15-,16+,17+,18+,19-/m1/s1. The number of piperidine rings is 1. The van der Waals surface area contributed by atoms with Crippen LogP contribution in [0.25, 0.3) is 0 Å². The van der Waals surface area contributed by atoms with Crippen LogP contribution in [0.4, 0.5) is 0 Å². The van der Waals surface area contributed by atoms with Gasteiger partial charge in [0.2, 0.25) is 5.91 Å². The highest BCUT2D eigenvalue weighted by Crippen LogP contribution is 2.38. The number of β-amino-alcohol motifs (C(OH)–C–C–N with tert-alkyl or cyclic N) is 1. The number of rotatable bonds is 6. The zero-order chi connectivity index (χ0) is 17.8. The molecule has 1 aliphatic carbocycles. The first-order valence-corrected chi connectivity index (χ1v) is 9.55. The summed E-state index contributed by atoms with van der Waals surface area (Å²) in [6, 6.07) is 9.35. The van der Waals surface area contributed by atoms with E-state index in [-0.39, 0.29) is 18.0 Å². The quantitative estimate of drug-likeness (QED) is 0.724. The number of primary amides is 1. The summed E-state index contributed by atoms with van der Waals surface area (Å²) < 4.78 is 0. The summed E-state index contributed by atoms with van der Waals surface area (Å²) in [4.78, 5) is 14.0. The average molecular weight is 345 g/mol. The van der Waals surface area contributed by atoms with Crippen molar-refractivity contribution < 1.29 is 9.90 Å². The Morgan fingerprint density at radius 3 is 2.56 bits per heavy atom. The second-order valence-electron chi connectivity index (χ2n) is 7.83. The molecule has 1 saturated heterocycles. The first-order valence-electron chi connectivity index (χ1n) is 9.55. The van der Waals surface area contributed by atoms with Crippen molar-refractivity contribution in [3.05, 3.63) is 35.9 Å². The van der Waals surface area contributed by atoms with Crippen LogP contribution in [0, 0.1) is 11.8 Å². The Morgan fingerprint density at radius 2 is 1.88 bits per heavy atom. The van der Waals surface area contributed by atoms with Gasteiger partial charge in [-0.3, -0.25) is 9.69 Å². The van der Waals surface area contributed by atoms with Crippen LogP contribution in [-0.4, -0.2) is 47.2 Å². The number of hydrogen-bond donors (Lipinski definition) is 3. The van der Waals surface area contributed by atoms with E-state index in [2.05, 4.69) is 4.90 Å². The molecular formula is C20H31N3O2. The van der Waals surface area contributed by atoms with Crippen molar-refractivity contribution in [3.8, 4) is 0 Å². The summed E-state index contributed by atoms with van der Waals surface area (Å²) in [5.41, 5.74) is 13.0. The number of fused-ring (bicyclic) bond motifs is 1. The van der Waals surface area contributed by atoms with E-state index in [1.807, 2.05) is 30.3 Å². The SMILES string of the molecule is NC(=O)[C@@H]1C[C@H]2CCCC[C@H]2CN1C[C@@H](O)[C@@H](N)Cc1ccccc1. The van der Waals surface area contributed by atoms with Gasteiger partial charge < -0.3 is 16.6 Å². The maximum absolute atomic E-state index is 11.9. The molecule has 3 rings (SSSR count). The molecule has 1 aromatic carbocycles. The normalized spacial score (nSPS) is 29.6. The maximum atomic E-state index is 11.9. The van der Waals surface area contributed by atoms with Crippen molar-refractivity contribution in [3.63, 3.8) is 0 Å². The molecule has 5 N–H and O–H groups in total. The largest absolute Gasteiger partial charge is 0.390 e. The van der Waals surface area contributed by atoms with E-state index in [1.165, 1.54) is 25.7 Å². The van der Waals surface area contributed by atoms with Gasteiger partial charge in [0.05, 0.1) is 12.1 Å². The number of amides is 1. The van der Waals surface area contributed by atoms with Gasteiger partial charge in [-0.1, -0.05) is 49.6 Å². The average Bonchev–Trinajstić information content (AvgIpc) is 2.61. The van der Waals surface area contributed by atoms with E-state index < -0.39 is 6.10 Å². The molecule has 5 atom stereocenters. The maximum Gasteiger partial charge on any atom is 0.234 e. The van der Waals surface area contributed by atoms with Gasteiger partial charge in [-0.25, -0.2) is 0 Å². The molecule has 1 aromatic rings. The highest BCUT2D eigenvalue weighted by Gasteiger charge is 2.39. The van der Waals surface area contributed by atoms with Gasteiger partial charge in [-0.15, -0.1) is 0 Å². The van der Waals surface area contributed by atoms with E-state index in [1.54, 1.807) is 0 Å². The Balaban J connectivity index is 1.61. The zero-order valence-electron chi connectivity index (χ0n) is 14.9. The number of aliphatic hydroxyl groups excluding tert-OH is 1. The molecule has 0 bridgehead atoms. The molecule has 0 spiro atoms. The topological polar surface area (TPSA) is 92.6 Å². The van der Waals surface area contributed by atoms with Crippen molar-refractivity contribution in [1.29, 1.82) is 0 Å². The fourth-order valence-electron chi connectivity index (χ4n) is 4.60. The van der Waals surface area contributed by atoms with Crippen LogP contribution in [0.15, 0.2) is 30.3 Å². The minimum absolute atomic E-state index is 0.266. The van der Waals surface area contributed by atoms with Crippen molar-refractivity contribution in [1.82, 2.24) is 4.90 Å². The van der Waals surface area contributed by atoms with Gasteiger partial charge in [-0.2, -0.15) is 0 Å². The predicted molar refractivity (Wildman–Crippen MR) is 98.7 cm³/mol. The highest BCUT2D eigenvalue weighted by atomic mass is 16.3. The molecule has 25 heavy (non-hydrogen) atoms. The van der Waals surface area contributed by atoms with Crippen molar-refractivity contribution in [2.45, 2.75) is 56.7 Å². The molecule has 2 fully saturated rings. The molecule has 0 aromatic heterocycles. The van der Waals surface area contributed by atoms with Crippen molar-refractivity contribution in [2.24, 2.45) is 23.3 Å². The molecule has 5 heteroatoms. The third-order valence-electron chi connectivity index (χ3n) is 6.06. The van der Waals surface area contributed by atoms with E-state index in [0.717, 1.165) is 18.5 Å². The Kier molecular flexibility index (Phi) is 6.10. The molecule has 1 saturated carbocycles. The second-order valence-corrected chi connectivity index (χ2v) is 7.83. The Labute approximate surface area is 150 Å². The Hall–Kier alpha value is -1.43. The fraction of sp³-hybridized carbons (Fsp3) is 0.650. The van der Waals surface area contributed by atoms with E-state index >= 15 is 0 Å². The third kappa shape index (κ3) is 4.60. The lowest BCUT2D eigenvalue weighted by atomic mass is 9.72. The van der Waals surface area contributed by atoms with E-state index in [0.29, 0.717) is 24.8 Å². The van der Waals surface area contributed by atoms with Crippen molar-refractivity contribution >= 4 is 5.91 Å². The van der Waals surface area contributed by atoms with Crippen molar-refractivity contribution in [2.75, 3.05) is 13.1 Å². The van der Waals surface area contributed by atoms with Gasteiger partial charge >= 0.3 is 0 Å². The van der Waals surface area contributed by atoms with Gasteiger partial charge in [0.25, 0.3) is 0 Å². The summed E-state index contributed by atoms with van der Waals surface area (Å²) in [6.45, 7) is 1.28. The number of likely N-dealkylation sites (tertiary alicyclic amines) is 1. The number of carbonyl (C=O) groups is 1. The molecule has 138 valence electrons. The lowest BCUT2D eigenvalue weighted by molar-refractivity contribution is -0.127. The van der Waals surface area contributed by atoms with Crippen LogP contribution in [-0.2, 0) is 11.2 Å². The molecule has 0 unspecified atom stereocenters. The first-order chi connectivity index (χ1) is 12.0. The number of aliphatic hydroxyl groups is 1. The summed E-state index contributed by atoms with van der Waals surface area (Å²) in [6.07, 6.45) is 5.76. The van der Waals surface area contributed by atoms with Crippen LogP contribution in [0.2, 0.25) is 0 Å². The van der Waals surface area contributed by atoms with E-state index in [9.17, 15) is 9.90 Å². The molecule has 1 aliphatic heterocycles. The fourth-order valence-corrected chi connectivity index (χ4v) is 4.60. The molecule has 1 amide bonds.